The molecule has 0 radical (unpaired) electrons. The van der Waals surface area contributed by atoms with Crippen LogP contribution in [0, 0.1) is 9.49 Å². The van der Waals surface area contributed by atoms with Crippen LogP contribution in [0.3, 0.4) is 0 Å². The average Bonchev–Trinajstić information content (AvgIpc) is 2.93. The Hall–Kier alpha value is -1.15. The van der Waals surface area contributed by atoms with Crippen LogP contribution in [0.15, 0.2) is 24.3 Å². The van der Waals surface area contributed by atoms with E-state index < -0.39 is 17.9 Å². The molecule has 6 heteroatoms. The van der Waals surface area contributed by atoms with Gasteiger partial charge in [0.1, 0.15) is 5.92 Å². The van der Waals surface area contributed by atoms with Gasteiger partial charge in [-0.2, -0.15) is 0 Å². The first-order valence-corrected chi connectivity index (χ1v) is 7.99. The van der Waals surface area contributed by atoms with Crippen molar-refractivity contribution in [1.82, 2.24) is 4.90 Å². The van der Waals surface area contributed by atoms with Gasteiger partial charge in [0.2, 0.25) is 0 Å². The highest BCUT2D eigenvalue weighted by atomic mass is 127. The van der Waals surface area contributed by atoms with Gasteiger partial charge in [0.15, 0.2) is 0 Å². The molecule has 1 fully saturated rings. The Morgan fingerprint density at radius 1 is 1.43 bits per heavy atom. The molecule has 1 aliphatic rings. The molecule has 2 atom stereocenters. The summed E-state index contributed by atoms with van der Waals surface area (Å²) in [7, 11) is 0. The molecule has 0 aromatic heterocycles. The van der Waals surface area contributed by atoms with Crippen molar-refractivity contribution in [2.45, 2.75) is 19.4 Å². The van der Waals surface area contributed by atoms with Crippen LogP contribution in [0.25, 0.3) is 0 Å². The van der Waals surface area contributed by atoms with Gasteiger partial charge in [-0.05, 0) is 47.2 Å². The summed E-state index contributed by atoms with van der Waals surface area (Å²) in [5.41, 5.74) is 0.589. The molecule has 21 heavy (non-hydrogen) atoms. The van der Waals surface area contributed by atoms with Crippen LogP contribution in [0.1, 0.15) is 23.7 Å². The molecule has 1 heterocycles. The number of hydrogen-bond acceptors (Lipinski definition) is 3. The van der Waals surface area contributed by atoms with E-state index in [1.807, 2.05) is 25.1 Å². The molecule has 0 spiro atoms. The number of carbonyl (C=O) groups excluding carboxylic acids is 1. The number of ether oxygens (including phenoxy) is 1. The lowest BCUT2D eigenvalue weighted by Crippen LogP contribution is -2.47. The third-order valence-electron chi connectivity index (χ3n) is 3.56. The fourth-order valence-electron chi connectivity index (χ4n) is 2.53. The summed E-state index contributed by atoms with van der Waals surface area (Å²) in [6, 6.07) is 6.93. The number of amides is 1. The van der Waals surface area contributed by atoms with Gasteiger partial charge in [0, 0.05) is 15.7 Å². The number of halogens is 1. The Morgan fingerprint density at radius 3 is 2.81 bits per heavy atom. The quantitative estimate of drug-likeness (QED) is 0.766. The van der Waals surface area contributed by atoms with Gasteiger partial charge >= 0.3 is 5.97 Å². The summed E-state index contributed by atoms with van der Waals surface area (Å²) in [5, 5.41) is 9.28. The molecular formula is C15H18INO4. The SMILES string of the molecule is CCCN(C(=O)c1cccc(I)c1)C1COCC1C(=O)O. The lowest BCUT2D eigenvalue weighted by molar-refractivity contribution is -0.142. The monoisotopic (exact) mass is 403 g/mol. The lowest BCUT2D eigenvalue weighted by Gasteiger charge is -2.30. The Balaban J connectivity index is 2.26. The fraction of sp³-hybridized carbons (Fsp3) is 0.467. The maximum Gasteiger partial charge on any atom is 0.311 e. The smallest absolute Gasteiger partial charge is 0.311 e. The molecule has 1 aromatic rings. The summed E-state index contributed by atoms with van der Waals surface area (Å²) in [6.07, 6.45) is 0.776. The Kier molecular flexibility index (Phi) is 5.58. The molecule has 5 nitrogen and oxygen atoms in total. The number of benzene rings is 1. The molecule has 114 valence electrons. The zero-order valence-electron chi connectivity index (χ0n) is 11.8. The predicted molar refractivity (Wildman–Crippen MR) is 86.2 cm³/mol. The summed E-state index contributed by atoms with van der Waals surface area (Å²) in [5.74, 6) is -1.69. The van der Waals surface area contributed by atoms with Gasteiger partial charge < -0.3 is 14.7 Å². The molecule has 1 amide bonds. The van der Waals surface area contributed by atoms with Crippen molar-refractivity contribution in [1.29, 1.82) is 0 Å². The minimum absolute atomic E-state index is 0.128. The summed E-state index contributed by atoms with van der Waals surface area (Å²) in [4.78, 5) is 25.7. The van der Waals surface area contributed by atoms with Crippen LogP contribution in [0.5, 0.6) is 0 Å². The number of rotatable bonds is 5. The number of carboxylic acids is 1. The van der Waals surface area contributed by atoms with E-state index in [4.69, 9.17) is 4.74 Å². The van der Waals surface area contributed by atoms with Crippen LogP contribution in [0.4, 0.5) is 0 Å². The van der Waals surface area contributed by atoms with Gasteiger partial charge in [-0.3, -0.25) is 9.59 Å². The first-order valence-electron chi connectivity index (χ1n) is 6.91. The maximum atomic E-state index is 12.7. The molecule has 1 N–H and O–H groups in total. The van der Waals surface area contributed by atoms with Crippen molar-refractivity contribution >= 4 is 34.5 Å². The average molecular weight is 403 g/mol. The number of carboxylic acid groups (broad SMARTS) is 1. The standard InChI is InChI=1S/C15H18INO4/c1-2-6-17(13-9-21-8-12(13)15(19)20)14(18)10-4-3-5-11(16)7-10/h3-5,7,12-13H,2,6,8-9H2,1H3,(H,19,20). The number of nitrogens with zero attached hydrogens (tertiary/aromatic N) is 1. The molecular weight excluding hydrogens is 385 g/mol. The lowest BCUT2D eigenvalue weighted by atomic mass is 10.0. The van der Waals surface area contributed by atoms with Gasteiger partial charge in [-0.25, -0.2) is 0 Å². The third kappa shape index (κ3) is 3.74. The van der Waals surface area contributed by atoms with Gasteiger partial charge in [0.05, 0.1) is 19.3 Å². The minimum atomic E-state index is -0.908. The van der Waals surface area contributed by atoms with Crippen molar-refractivity contribution in [2.75, 3.05) is 19.8 Å². The Morgan fingerprint density at radius 2 is 2.19 bits per heavy atom. The molecule has 1 aromatic carbocycles. The maximum absolute atomic E-state index is 12.7. The second-order valence-electron chi connectivity index (χ2n) is 5.06. The highest BCUT2D eigenvalue weighted by molar-refractivity contribution is 14.1. The Labute approximate surface area is 137 Å². The molecule has 1 aliphatic heterocycles. The first-order chi connectivity index (χ1) is 10.0. The first kappa shape index (κ1) is 16.2. The predicted octanol–water partition coefficient (Wildman–Crippen LogP) is 2.24. The third-order valence-corrected chi connectivity index (χ3v) is 4.24. The van der Waals surface area contributed by atoms with E-state index in [0.29, 0.717) is 12.1 Å². The molecule has 1 saturated heterocycles. The molecule has 2 unspecified atom stereocenters. The number of aliphatic carboxylic acids is 1. The summed E-state index contributed by atoms with van der Waals surface area (Å²) in [6.45, 7) is 2.95. The van der Waals surface area contributed by atoms with Crippen LogP contribution >= 0.6 is 22.6 Å². The molecule has 0 aliphatic carbocycles. The van der Waals surface area contributed by atoms with Gasteiger partial charge in [-0.15, -0.1) is 0 Å². The van der Waals surface area contributed by atoms with Gasteiger partial charge in [0.25, 0.3) is 5.91 Å². The number of hydrogen-bond donors (Lipinski definition) is 1. The summed E-state index contributed by atoms with van der Waals surface area (Å²) >= 11 is 2.16. The normalized spacial score (nSPS) is 21.2. The van der Waals surface area contributed by atoms with Crippen LogP contribution in [-0.2, 0) is 9.53 Å². The fourth-order valence-corrected chi connectivity index (χ4v) is 3.08. The molecule has 2 rings (SSSR count). The highest BCUT2D eigenvalue weighted by Crippen LogP contribution is 2.23. The Bertz CT molecular complexity index is 534. The van der Waals surface area contributed by atoms with Crippen molar-refractivity contribution in [3.63, 3.8) is 0 Å². The van der Waals surface area contributed by atoms with E-state index in [9.17, 15) is 14.7 Å². The van der Waals surface area contributed by atoms with E-state index in [-0.39, 0.29) is 19.1 Å². The van der Waals surface area contributed by atoms with E-state index in [0.717, 1.165) is 9.99 Å². The van der Waals surface area contributed by atoms with Gasteiger partial charge in [-0.1, -0.05) is 13.0 Å². The van der Waals surface area contributed by atoms with E-state index >= 15 is 0 Å². The van der Waals surface area contributed by atoms with Crippen molar-refractivity contribution in [3.8, 4) is 0 Å². The topological polar surface area (TPSA) is 66.8 Å². The van der Waals surface area contributed by atoms with Crippen molar-refractivity contribution in [3.05, 3.63) is 33.4 Å². The largest absolute Gasteiger partial charge is 0.481 e. The van der Waals surface area contributed by atoms with E-state index in [1.54, 1.807) is 11.0 Å². The van der Waals surface area contributed by atoms with Crippen molar-refractivity contribution in [2.24, 2.45) is 5.92 Å². The van der Waals surface area contributed by atoms with Crippen LogP contribution in [0.2, 0.25) is 0 Å². The molecule has 0 bridgehead atoms. The highest BCUT2D eigenvalue weighted by Gasteiger charge is 2.39. The zero-order valence-corrected chi connectivity index (χ0v) is 13.9. The van der Waals surface area contributed by atoms with E-state index in [1.165, 1.54) is 0 Å². The second kappa shape index (κ2) is 7.22. The van der Waals surface area contributed by atoms with Crippen molar-refractivity contribution < 1.29 is 19.4 Å². The molecule has 0 saturated carbocycles. The summed E-state index contributed by atoms with van der Waals surface area (Å²) < 4.78 is 6.27. The van der Waals surface area contributed by atoms with Crippen LogP contribution in [-0.4, -0.2) is 47.7 Å². The second-order valence-corrected chi connectivity index (χ2v) is 6.30. The van der Waals surface area contributed by atoms with Crippen LogP contribution < -0.4 is 0 Å². The number of carbonyl (C=O) groups is 2. The zero-order chi connectivity index (χ0) is 15.4. The van der Waals surface area contributed by atoms with E-state index in [2.05, 4.69) is 22.6 Å². The minimum Gasteiger partial charge on any atom is -0.481 e.